The van der Waals surface area contributed by atoms with E-state index in [1.54, 1.807) is 0 Å². The summed E-state index contributed by atoms with van der Waals surface area (Å²) < 4.78 is 23.4. The Morgan fingerprint density at radius 1 is 1.38 bits per heavy atom. The van der Waals surface area contributed by atoms with Crippen molar-refractivity contribution in [3.63, 3.8) is 0 Å². The molecular weight excluding hydrogens is 172 g/mol. The van der Waals surface area contributed by atoms with Crippen molar-refractivity contribution in [2.24, 2.45) is 0 Å². The average Bonchev–Trinajstić information content (AvgIpc) is 2.14. The second kappa shape index (κ2) is 6.08. The van der Waals surface area contributed by atoms with Gasteiger partial charge in [0.25, 0.3) is 6.43 Å². The van der Waals surface area contributed by atoms with Crippen molar-refractivity contribution in [1.29, 1.82) is 0 Å². The van der Waals surface area contributed by atoms with Crippen molar-refractivity contribution in [1.82, 2.24) is 5.32 Å². The van der Waals surface area contributed by atoms with E-state index in [0.29, 0.717) is 6.54 Å². The first kappa shape index (κ1) is 10.6. The van der Waals surface area contributed by atoms with Gasteiger partial charge in [0.1, 0.15) is 0 Å². The molecule has 0 atom stereocenters. The van der Waals surface area contributed by atoms with Crippen LogP contribution in [0, 0.1) is 0 Å². The lowest BCUT2D eigenvalue weighted by Crippen LogP contribution is -2.22. The maximum Gasteiger partial charge on any atom is 0.250 e. The van der Waals surface area contributed by atoms with Crippen molar-refractivity contribution in [3.05, 3.63) is 11.6 Å². The summed E-state index contributed by atoms with van der Waals surface area (Å²) in [5.41, 5.74) is 1.44. The highest BCUT2D eigenvalue weighted by Gasteiger charge is 2.04. The van der Waals surface area contributed by atoms with Gasteiger partial charge in [0.05, 0.1) is 6.54 Å². The molecule has 0 aromatic heterocycles. The van der Waals surface area contributed by atoms with Crippen LogP contribution in [0.15, 0.2) is 11.6 Å². The summed E-state index contributed by atoms with van der Waals surface area (Å²) in [6.45, 7) is 0.517. The van der Waals surface area contributed by atoms with Gasteiger partial charge in [-0.1, -0.05) is 11.6 Å². The van der Waals surface area contributed by atoms with Crippen LogP contribution in [0.2, 0.25) is 0 Å². The van der Waals surface area contributed by atoms with Crippen LogP contribution in [0.25, 0.3) is 0 Å². The Morgan fingerprint density at radius 2 is 2.23 bits per heavy atom. The number of rotatable bonds is 5. The Morgan fingerprint density at radius 3 is 2.85 bits per heavy atom. The van der Waals surface area contributed by atoms with Gasteiger partial charge in [-0.05, 0) is 38.6 Å². The molecular formula is C10H17F2N. The van der Waals surface area contributed by atoms with E-state index >= 15 is 0 Å². The summed E-state index contributed by atoms with van der Waals surface area (Å²) in [4.78, 5) is 0. The summed E-state index contributed by atoms with van der Waals surface area (Å²) in [5.74, 6) is 0. The van der Waals surface area contributed by atoms with Gasteiger partial charge in [0.2, 0.25) is 0 Å². The molecule has 0 aromatic carbocycles. The Labute approximate surface area is 78.2 Å². The van der Waals surface area contributed by atoms with Crippen LogP contribution in [-0.4, -0.2) is 19.5 Å². The third-order valence-electron chi connectivity index (χ3n) is 2.31. The lowest BCUT2D eigenvalue weighted by Gasteiger charge is -2.12. The van der Waals surface area contributed by atoms with Crippen LogP contribution < -0.4 is 5.32 Å². The van der Waals surface area contributed by atoms with Gasteiger partial charge in [0.15, 0.2) is 0 Å². The summed E-state index contributed by atoms with van der Waals surface area (Å²) in [7, 11) is 0. The first-order chi connectivity index (χ1) is 6.29. The fraction of sp³-hybridized carbons (Fsp3) is 0.800. The smallest absolute Gasteiger partial charge is 0.250 e. The predicted molar refractivity (Wildman–Crippen MR) is 50.0 cm³/mol. The van der Waals surface area contributed by atoms with Gasteiger partial charge >= 0.3 is 0 Å². The molecule has 1 N–H and O–H groups in total. The predicted octanol–water partition coefficient (Wildman–Crippen LogP) is 2.73. The van der Waals surface area contributed by atoms with E-state index in [1.807, 2.05) is 0 Å². The van der Waals surface area contributed by atoms with E-state index in [4.69, 9.17) is 0 Å². The number of halogens is 2. The molecule has 1 aliphatic rings. The van der Waals surface area contributed by atoms with E-state index in [0.717, 1.165) is 12.8 Å². The SMILES string of the molecule is FC(F)CNCCC1=CCCCC1. The van der Waals surface area contributed by atoms with Crippen molar-refractivity contribution < 1.29 is 8.78 Å². The summed E-state index contributed by atoms with van der Waals surface area (Å²) in [5, 5.41) is 2.74. The number of hydrogen-bond acceptors (Lipinski definition) is 1. The van der Waals surface area contributed by atoms with Gasteiger partial charge in [-0.2, -0.15) is 0 Å². The van der Waals surface area contributed by atoms with Crippen LogP contribution in [0.4, 0.5) is 8.78 Å². The molecule has 0 bridgehead atoms. The number of alkyl halides is 2. The van der Waals surface area contributed by atoms with Gasteiger partial charge in [-0.3, -0.25) is 0 Å². The largest absolute Gasteiger partial charge is 0.311 e. The molecule has 0 aliphatic heterocycles. The maximum absolute atomic E-state index is 11.7. The topological polar surface area (TPSA) is 12.0 Å². The fourth-order valence-corrected chi connectivity index (χ4v) is 1.59. The Bertz CT molecular complexity index is 166. The fourth-order valence-electron chi connectivity index (χ4n) is 1.59. The molecule has 1 nitrogen and oxygen atoms in total. The van der Waals surface area contributed by atoms with Crippen LogP contribution >= 0.6 is 0 Å². The van der Waals surface area contributed by atoms with Crippen LogP contribution in [0.1, 0.15) is 32.1 Å². The number of hydrogen-bond donors (Lipinski definition) is 1. The van der Waals surface area contributed by atoms with E-state index in [1.165, 1.54) is 24.8 Å². The number of allylic oxidation sites excluding steroid dienone is 1. The second-order valence-corrected chi connectivity index (χ2v) is 3.45. The Kier molecular flexibility index (Phi) is 4.98. The van der Waals surface area contributed by atoms with Gasteiger partial charge in [0, 0.05) is 0 Å². The molecule has 0 spiro atoms. The van der Waals surface area contributed by atoms with Crippen LogP contribution in [-0.2, 0) is 0 Å². The molecule has 0 radical (unpaired) electrons. The molecule has 0 saturated carbocycles. The summed E-state index contributed by atoms with van der Waals surface area (Å²) >= 11 is 0. The standard InChI is InChI=1S/C10H17F2N/c11-10(12)8-13-7-6-9-4-2-1-3-5-9/h4,10,13H,1-3,5-8H2. The highest BCUT2D eigenvalue weighted by atomic mass is 19.3. The first-order valence-corrected chi connectivity index (χ1v) is 4.96. The quantitative estimate of drug-likeness (QED) is 0.518. The third kappa shape index (κ3) is 4.98. The third-order valence-corrected chi connectivity index (χ3v) is 2.31. The summed E-state index contributed by atoms with van der Waals surface area (Å²) in [6, 6.07) is 0. The number of nitrogens with one attached hydrogen (secondary N) is 1. The minimum atomic E-state index is -2.22. The average molecular weight is 189 g/mol. The van der Waals surface area contributed by atoms with E-state index in [2.05, 4.69) is 11.4 Å². The van der Waals surface area contributed by atoms with Gasteiger partial charge in [-0.25, -0.2) is 8.78 Å². The molecule has 1 aliphatic carbocycles. The zero-order valence-electron chi connectivity index (χ0n) is 7.86. The van der Waals surface area contributed by atoms with Crippen molar-refractivity contribution >= 4 is 0 Å². The molecule has 0 amide bonds. The van der Waals surface area contributed by atoms with E-state index in [-0.39, 0.29) is 6.54 Å². The van der Waals surface area contributed by atoms with Gasteiger partial charge < -0.3 is 5.32 Å². The summed E-state index contributed by atoms with van der Waals surface area (Å²) in [6.07, 6.45) is 5.86. The second-order valence-electron chi connectivity index (χ2n) is 3.45. The minimum absolute atomic E-state index is 0.173. The molecule has 13 heavy (non-hydrogen) atoms. The lowest BCUT2D eigenvalue weighted by atomic mass is 9.97. The molecule has 76 valence electrons. The molecule has 0 unspecified atom stereocenters. The zero-order valence-corrected chi connectivity index (χ0v) is 7.86. The molecule has 3 heteroatoms. The van der Waals surface area contributed by atoms with E-state index in [9.17, 15) is 8.78 Å². The van der Waals surface area contributed by atoms with Crippen molar-refractivity contribution in [3.8, 4) is 0 Å². The molecule has 0 saturated heterocycles. The molecule has 0 heterocycles. The highest BCUT2D eigenvalue weighted by molar-refractivity contribution is 5.05. The van der Waals surface area contributed by atoms with Gasteiger partial charge in [-0.15, -0.1) is 0 Å². The molecule has 0 fully saturated rings. The Hall–Kier alpha value is -0.440. The lowest BCUT2D eigenvalue weighted by molar-refractivity contribution is 0.146. The Balaban J connectivity index is 2.01. The highest BCUT2D eigenvalue weighted by Crippen LogP contribution is 2.19. The maximum atomic E-state index is 11.7. The molecule has 1 rings (SSSR count). The molecule has 0 aromatic rings. The van der Waals surface area contributed by atoms with Crippen molar-refractivity contribution in [2.45, 2.75) is 38.5 Å². The minimum Gasteiger partial charge on any atom is -0.311 e. The normalized spacial score (nSPS) is 17.6. The zero-order chi connectivity index (χ0) is 9.52. The first-order valence-electron chi connectivity index (χ1n) is 4.96. The van der Waals surface area contributed by atoms with E-state index < -0.39 is 6.43 Å². The monoisotopic (exact) mass is 189 g/mol. The van der Waals surface area contributed by atoms with Crippen LogP contribution in [0.5, 0.6) is 0 Å². The van der Waals surface area contributed by atoms with Crippen molar-refractivity contribution in [2.75, 3.05) is 13.1 Å². The van der Waals surface area contributed by atoms with Crippen LogP contribution in [0.3, 0.4) is 0 Å².